The van der Waals surface area contributed by atoms with Gasteiger partial charge < -0.3 is 14.4 Å². The van der Waals surface area contributed by atoms with Crippen LogP contribution in [0.5, 0.6) is 5.75 Å². The van der Waals surface area contributed by atoms with E-state index in [9.17, 15) is 14.4 Å². The zero-order chi connectivity index (χ0) is 31.5. The fourth-order valence-corrected chi connectivity index (χ4v) is 7.73. The summed E-state index contributed by atoms with van der Waals surface area (Å²) in [4.78, 5) is 42.0. The molecule has 8 rings (SSSR count). The van der Waals surface area contributed by atoms with Crippen LogP contribution in [0, 0.1) is 11.6 Å². The van der Waals surface area contributed by atoms with E-state index in [1.807, 2.05) is 59.6 Å². The number of rotatable bonds is 5. The van der Waals surface area contributed by atoms with Crippen LogP contribution in [0.15, 0.2) is 89.9 Å². The number of nitrogens with zero attached hydrogens (tertiary/aromatic N) is 3. The van der Waals surface area contributed by atoms with Crippen molar-refractivity contribution in [3.63, 3.8) is 0 Å². The predicted octanol–water partition coefficient (Wildman–Crippen LogP) is 5.77. The Labute approximate surface area is 265 Å². The zero-order valence-electron chi connectivity index (χ0n) is 24.2. The fraction of sp³-hybridized carbons (Fsp3) is 0.171. The Morgan fingerprint density at radius 2 is 1.76 bits per heavy atom. The first-order chi connectivity index (χ1) is 22.5. The molecule has 230 valence electrons. The van der Waals surface area contributed by atoms with Crippen LogP contribution in [0.3, 0.4) is 0 Å². The van der Waals surface area contributed by atoms with Crippen molar-refractivity contribution < 1.29 is 27.8 Å². The first kappa shape index (κ1) is 28.4. The molecule has 1 saturated heterocycles. The third-order valence-corrected chi connectivity index (χ3v) is 9.80. The average molecular weight is 638 g/mol. The zero-order valence-corrected chi connectivity index (χ0v) is 25.0. The van der Waals surface area contributed by atoms with Gasteiger partial charge in [-0.15, -0.1) is 11.3 Å². The molecule has 46 heavy (non-hydrogen) atoms. The molecule has 5 aromatic rings. The number of hydrogen-bond donors (Lipinski definition) is 0. The van der Waals surface area contributed by atoms with E-state index in [1.54, 1.807) is 21.7 Å². The van der Waals surface area contributed by atoms with Gasteiger partial charge in [0.1, 0.15) is 12.8 Å². The van der Waals surface area contributed by atoms with Gasteiger partial charge in [-0.3, -0.25) is 24.1 Å². The molecule has 1 aliphatic carbocycles. The van der Waals surface area contributed by atoms with Gasteiger partial charge in [-0.2, -0.15) is 0 Å². The minimum Gasteiger partial charge on any atom is -0.482 e. The highest BCUT2D eigenvalue weighted by Crippen LogP contribution is 2.51. The number of fused-ring (bicyclic) bond motifs is 7. The van der Waals surface area contributed by atoms with Crippen molar-refractivity contribution in [1.82, 2.24) is 9.58 Å². The molecule has 0 spiro atoms. The molecule has 2 atom stereocenters. The molecule has 8 nitrogen and oxygen atoms in total. The Balaban J connectivity index is 1.39. The quantitative estimate of drug-likeness (QED) is 0.228. The summed E-state index contributed by atoms with van der Waals surface area (Å²) in [6, 6.07) is 21.6. The van der Waals surface area contributed by atoms with E-state index in [2.05, 4.69) is 0 Å². The largest absolute Gasteiger partial charge is 0.482 e. The number of aldehydes is 1. The molecule has 1 unspecified atom stereocenters. The first-order valence-electron chi connectivity index (χ1n) is 14.7. The molecular weight excluding hydrogens is 612 g/mol. The lowest BCUT2D eigenvalue weighted by atomic mass is 9.91. The summed E-state index contributed by atoms with van der Waals surface area (Å²) in [5.74, 6) is -2.56. The molecule has 0 radical (unpaired) electrons. The molecule has 0 saturated carbocycles. The van der Waals surface area contributed by atoms with Gasteiger partial charge in [0.05, 0.1) is 24.1 Å². The van der Waals surface area contributed by atoms with E-state index >= 15 is 8.78 Å². The van der Waals surface area contributed by atoms with Gasteiger partial charge in [0.15, 0.2) is 29.4 Å². The lowest BCUT2D eigenvalue weighted by molar-refractivity contribution is -0.0197. The van der Waals surface area contributed by atoms with Gasteiger partial charge in [0.2, 0.25) is 5.43 Å². The number of amides is 1. The number of morpholine rings is 1. The van der Waals surface area contributed by atoms with Gasteiger partial charge in [0, 0.05) is 34.8 Å². The van der Waals surface area contributed by atoms with Gasteiger partial charge in [0.25, 0.3) is 5.91 Å². The summed E-state index contributed by atoms with van der Waals surface area (Å²) >= 11 is 1.20. The van der Waals surface area contributed by atoms with E-state index in [1.165, 1.54) is 23.6 Å². The Hall–Kier alpha value is -5.13. The van der Waals surface area contributed by atoms with Crippen LogP contribution < -0.4 is 15.2 Å². The van der Waals surface area contributed by atoms with Crippen molar-refractivity contribution in [3.05, 3.63) is 134 Å². The van der Waals surface area contributed by atoms with Crippen molar-refractivity contribution in [2.75, 3.05) is 24.8 Å². The fourth-order valence-electron chi connectivity index (χ4n) is 6.70. The second kappa shape index (κ2) is 11.0. The number of ether oxygens (including phenoxy) is 2. The van der Waals surface area contributed by atoms with Crippen molar-refractivity contribution >= 4 is 23.5 Å². The summed E-state index contributed by atoms with van der Waals surface area (Å²) in [6.45, 7) is 0.727. The van der Waals surface area contributed by atoms with Crippen molar-refractivity contribution in [2.45, 2.75) is 18.8 Å². The molecule has 11 heteroatoms. The molecular formula is C35H25F2N3O5S. The minimum atomic E-state index is -1.04. The second-order valence-electron chi connectivity index (χ2n) is 11.2. The number of carbonyl (C=O) groups excluding carboxylic acids is 2. The first-order valence-corrected chi connectivity index (χ1v) is 15.5. The molecule has 0 bridgehead atoms. The lowest BCUT2D eigenvalue weighted by Gasteiger charge is -2.51. The summed E-state index contributed by atoms with van der Waals surface area (Å²) in [6.07, 6.45) is 1.55. The molecule has 2 aromatic heterocycles. The van der Waals surface area contributed by atoms with Gasteiger partial charge in [-0.05, 0) is 34.4 Å². The molecule has 1 amide bonds. The molecule has 1 fully saturated rings. The number of pyridine rings is 1. The number of hydrogen-bond acceptors (Lipinski definition) is 7. The number of benzene rings is 3. The molecule has 3 aromatic carbocycles. The van der Waals surface area contributed by atoms with Crippen LogP contribution in [0.25, 0.3) is 21.6 Å². The Morgan fingerprint density at radius 1 is 0.957 bits per heavy atom. The molecule has 3 aliphatic rings. The van der Waals surface area contributed by atoms with E-state index in [4.69, 9.17) is 9.47 Å². The average Bonchev–Trinajstić information content (AvgIpc) is 3.47. The maximum Gasteiger partial charge on any atom is 0.278 e. The van der Waals surface area contributed by atoms with Crippen LogP contribution in [0.4, 0.5) is 8.78 Å². The lowest BCUT2D eigenvalue weighted by Crippen LogP contribution is -2.66. The van der Waals surface area contributed by atoms with E-state index in [-0.39, 0.29) is 43.4 Å². The van der Waals surface area contributed by atoms with E-state index in [0.717, 1.165) is 22.8 Å². The van der Waals surface area contributed by atoms with Crippen LogP contribution >= 0.6 is 11.3 Å². The van der Waals surface area contributed by atoms with Crippen LogP contribution in [0.2, 0.25) is 0 Å². The van der Waals surface area contributed by atoms with Gasteiger partial charge >= 0.3 is 0 Å². The predicted molar refractivity (Wildman–Crippen MR) is 168 cm³/mol. The highest BCUT2D eigenvalue weighted by molar-refractivity contribution is 7.17. The van der Waals surface area contributed by atoms with Crippen LogP contribution in [-0.4, -0.2) is 47.7 Å². The highest BCUT2D eigenvalue weighted by Gasteiger charge is 2.47. The smallest absolute Gasteiger partial charge is 0.278 e. The Kier molecular flexibility index (Phi) is 6.80. The van der Waals surface area contributed by atoms with Gasteiger partial charge in [-0.25, -0.2) is 8.78 Å². The SMILES string of the molecule is O=Cc1cc2c(s1)-c1ccccc1C(N1[C@@H]3COCCN3C(=O)c3c(OCc4ccccc4)c(=O)ccn31)c1ccc(F)c(F)c1-2. The molecule has 0 N–H and O–H groups in total. The summed E-state index contributed by atoms with van der Waals surface area (Å²) in [7, 11) is 0. The number of carbonyl (C=O) groups is 2. The van der Waals surface area contributed by atoms with Crippen molar-refractivity contribution in [3.8, 4) is 27.3 Å². The third-order valence-electron chi connectivity index (χ3n) is 8.70. The van der Waals surface area contributed by atoms with Gasteiger partial charge in [-0.1, -0.05) is 60.7 Å². The van der Waals surface area contributed by atoms with Crippen LogP contribution in [-0.2, 0) is 11.3 Å². The normalized spacial score (nSPS) is 18.1. The Bertz CT molecular complexity index is 2100. The Morgan fingerprint density at radius 3 is 2.59 bits per heavy atom. The van der Waals surface area contributed by atoms with Crippen LogP contribution in [0.1, 0.15) is 42.9 Å². The standard InChI is InChI=1S/C35H25F2N3O5S/c36-26-11-10-24-29(30(26)37)25-16-21(17-41)46-34(25)23-9-5-4-8-22(23)31(24)40-28-19-44-15-14-38(28)35(43)32-33(27(42)12-13-39(32)40)45-18-20-6-2-1-3-7-20/h1-13,16-17,28,31H,14-15,18-19H2/t28-,31?/m1/s1. The van der Waals surface area contributed by atoms with Crippen molar-refractivity contribution in [1.29, 1.82) is 0 Å². The maximum absolute atomic E-state index is 16.1. The molecule has 4 heterocycles. The molecule has 2 aliphatic heterocycles. The number of thiophene rings is 1. The monoisotopic (exact) mass is 637 g/mol. The van der Waals surface area contributed by atoms with Crippen molar-refractivity contribution in [2.24, 2.45) is 0 Å². The topological polar surface area (TPSA) is 81.1 Å². The minimum absolute atomic E-state index is 0.0314. The number of halogens is 2. The number of aromatic nitrogens is 1. The second-order valence-corrected chi connectivity index (χ2v) is 12.3. The maximum atomic E-state index is 16.1. The van der Waals surface area contributed by atoms with E-state index in [0.29, 0.717) is 27.2 Å². The summed E-state index contributed by atoms with van der Waals surface area (Å²) < 4.78 is 44.7. The highest BCUT2D eigenvalue weighted by atomic mass is 32.1. The summed E-state index contributed by atoms with van der Waals surface area (Å²) in [5, 5.41) is 1.89. The van der Waals surface area contributed by atoms with E-state index < -0.39 is 35.2 Å². The third kappa shape index (κ3) is 4.30. The summed E-state index contributed by atoms with van der Waals surface area (Å²) in [5.41, 5.74) is 2.74.